The van der Waals surface area contributed by atoms with Crippen molar-refractivity contribution in [1.29, 1.82) is 0 Å². The topological polar surface area (TPSA) is 50.7 Å². The summed E-state index contributed by atoms with van der Waals surface area (Å²) >= 11 is 0. The van der Waals surface area contributed by atoms with Gasteiger partial charge in [0, 0.05) is 20.3 Å². The van der Waals surface area contributed by atoms with Gasteiger partial charge in [0.1, 0.15) is 0 Å². The van der Waals surface area contributed by atoms with Gasteiger partial charge in [-0.2, -0.15) is 0 Å². The summed E-state index contributed by atoms with van der Waals surface area (Å²) in [5.74, 6) is 0. The quantitative estimate of drug-likeness (QED) is 0.683. The lowest BCUT2D eigenvalue weighted by atomic mass is 10.1. The van der Waals surface area contributed by atoms with E-state index >= 15 is 0 Å². The highest BCUT2D eigenvalue weighted by molar-refractivity contribution is 5.15. The first-order chi connectivity index (χ1) is 8.71. The van der Waals surface area contributed by atoms with Crippen LogP contribution in [0.15, 0.2) is 30.3 Å². The zero-order valence-electron chi connectivity index (χ0n) is 11.3. The van der Waals surface area contributed by atoms with E-state index in [9.17, 15) is 5.11 Å². The Morgan fingerprint density at radius 3 is 2.28 bits per heavy atom. The second-order valence-electron chi connectivity index (χ2n) is 4.36. The maximum atomic E-state index is 9.42. The fourth-order valence-corrected chi connectivity index (χ4v) is 2.03. The molecule has 0 aliphatic rings. The maximum Gasteiger partial charge on any atom is 0.171 e. The van der Waals surface area contributed by atoms with Crippen molar-refractivity contribution in [3.63, 3.8) is 0 Å². The van der Waals surface area contributed by atoms with Gasteiger partial charge in [-0.1, -0.05) is 30.3 Å². The van der Waals surface area contributed by atoms with Crippen LogP contribution in [-0.2, 0) is 15.9 Å². The maximum absolute atomic E-state index is 9.42. The molecule has 0 heterocycles. The number of aliphatic hydroxyl groups excluding tert-OH is 1. The second kappa shape index (κ2) is 8.21. The number of hydrogen-bond donors (Lipinski definition) is 2. The van der Waals surface area contributed by atoms with Gasteiger partial charge in [0.15, 0.2) is 6.29 Å². The molecule has 2 N–H and O–H groups in total. The highest BCUT2D eigenvalue weighted by Gasteiger charge is 2.19. The summed E-state index contributed by atoms with van der Waals surface area (Å²) in [6, 6.07) is 10.1. The van der Waals surface area contributed by atoms with Crippen LogP contribution in [0, 0.1) is 0 Å². The van der Waals surface area contributed by atoms with E-state index in [-0.39, 0.29) is 25.0 Å². The van der Waals surface area contributed by atoms with Crippen LogP contribution >= 0.6 is 0 Å². The van der Waals surface area contributed by atoms with Crippen molar-refractivity contribution in [2.75, 3.05) is 20.8 Å². The molecule has 1 rings (SSSR count). The zero-order chi connectivity index (χ0) is 13.4. The van der Waals surface area contributed by atoms with Crippen molar-refractivity contribution in [2.45, 2.75) is 31.7 Å². The number of aliphatic hydroxyl groups is 1. The van der Waals surface area contributed by atoms with Crippen LogP contribution in [0.2, 0.25) is 0 Å². The van der Waals surface area contributed by atoms with Crippen LogP contribution in [0.1, 0.15) is 12.5 Å². The lowest BCUT2D eigenvalue weighted by molar-refractivity contribution is -0.121. The van der Waals surface area contributed by atoms with Crippen molar-refractivity contribution < 1.29 is 14.6 Å². The van der Waals surface area contributed by atoms with E-state index in [2.05, 4.69) is 17.4 Å². The van der Waals surface area contributed by atoms with Crippen molar-refractivity contribution >= 4 is 0 Å². The first kappa shape index (κ1) is 15.1. The number of ether oxygens (including phenoxy) is 2. The summed E-state index contributed by atoms with van der Waals surface area (Å²) in [5.41, 5.74) is 1.20. The minimum Gasteiger partial charge on any atom is -0.395 e. The molecule has 2 atom stereocenters. The molecule has 1 aromatic carbocycles. The lowest BCUT2D eigenvalue weighted by Crippen LogP contribution is -2.47. The molecule has 0 bridgehead atoms. The molecule has 0 radical (unpaired) electrons. The molecule has 1 aromatic rings. The van der Waals surface area contributed by atoms with Crippen LogP contribution in [0.5, 0.6) is 0 Å². The first-order valence-corrected chi connectivity index (χ1v) is 6.17. The molecule has 0 saturated carbocycles. The zero-order valence-corrected chi connectivity index (χ0v) is 11.3. The van der Waals surface area contributed by atoms with E-state index in [0.717, 1.165) is 6.42 Å². The third-order valence-electron chi connectivity index (χ3n) is 2.92. The van der Waals surface area contributed by atoms with Gasteiger partial charge in [-0.15, -0.1) is 0 Å². The van der Waals surface area contributed by atoms with Crippen LogP contribution in [0.3, 0.4) is 0 Å². The van der Waals surface area contributed by atoms with Crippen LogP contribution < -0.4 is 5.32 Å². The fraction of sp³-hybridized carbons (Fsp3) is 0.571. The predicted molar refractivity (Wildman–Crippen MR) is 71.4 cm³/mol. The molecule has 4 nitrogen and oxygen atoms in total. The Labute approximate surface area is 109 Å². The Balaban J connectivity index is 2.51. The Morgan fingerprint density at radius 2 is 1.78 bits per heavy atom. The molecule has 4 heteroatoms. The largest absolute Gasteiger partial charge is 0.395 e. The molecule has 18 heavy (non-hydrogen) atoms. The number of methoxy groups -OCH3 is 2. The average Bonchev–Trinajstić information content (AvgIpc) is 2.40. The Morgan fingerprint density at radius 1 is 1.17 bits per heavy atom. The molecule has 0 aliphatic carbocycles. The standard InChI is InChI=1S/C14H23NO3/c1-11(14(17-2)18-3)15-13(10-16)9-12-7-5-4-6-8-12/h4-8,11,13-16H,9-10H2,1-3H3. The van der Waals surface area contributed by atoms with E-state index in [1.807, 2.05) is 25.1 Å². The third-order valence-corrected chi connectivity index (χ3v) is 2.92. The second-order valence-corrected chi connectivity index (χ2v) is 4.36. The van der Waals surface area contributed by atoms with E-state index in [4.69, 9.17) is 9.47 Å². The van der Waals surface area contributed by atoms with Crippen molar-refractivity contribution in [2.24, 2.45) is 0 Å². The van der Waals surface area contributed by atoms with Gasteiger partial charge < -0.3 is 19.9 Å². The number of nitrogens with one attached hydrogen (secondary N) is 1. The van der Waals surface area contributed by atoms with Gasteiger partial charge in [0.05, 0.1) is 12.6 Å². The number of benzene rings is 1. The minimum atomic E-state index is -0.310. The summed E-state index contributed by atoms with van der Waals surface area (Å²) in [6.45, 7) is 2.06. The van der Waals surface area contributed by atoms with Crippen molar-refractivity contribution in [3.05, 3.63) is 35.9 Å². The predicted octanol–water partition coefficient (Wildman–Crippen LogP) is 1.19. The highest BCUT2D eigenvalue weighted by Crippen LogP contribution is 2.06. The summed E-state index contributed by atoms with van der Waals surface area (Å²) in [7, 11) is 3.22. The SMILES string of the molecule is COC(OC)C(C)NC(CO)Cc1ccccc1. The van der Waals surface area contributed by atoms with Gasteiger partial charge in [-0.3, -0.25) is 0 Å². The first-order valence-electron chi connectivity index (χ1n) is 6.17. The van der Waals surface area contributed by atoms with Crippen molar-refractivity contribution in [3.8, 4) is 0 Å². The summed E-state index contributed by atoms with van der Waals surface area (Å²) < 4.78 is 10.4. The Bertz CT molecular complexity index is 314. The fourth-order valence-electron chi connectivity index (χ4n) is 2.03. The number of hydrogen-bond acceptors (Lipinski definition) is 4. The molecule has 0 saturated heterocycles. The monoisotopic (exact) mass is 253 g/mol. The molecule has 0 fully saturated rings. The lowest BCUT2D eigenvalue weighted by Gasteiger charge is -2.26. The molecule has 0 aromatic heterocycles. The van der Waals surface area contributed by atoms with Crippen LogP contribution in [0.4, 0.5) is 0 Å². The summed E-state index contributed by atoms with van der Waals surface area (Å²) in [5, 5.41) is 12.7. The summed E-state index contributed by atoms with van der Waals surface area (Å²) in [6.07, 6.45) is 0.469. The van der Waals surface area contributed by atoms with Gasteiger partial charge in [-0.05, 0) is 18.9 Å². The molecule has 0 amide bonds. The van der Waals surface area contributed by atoms with E-state index in [1.54, 1.807) is 14.2 Å². The third kappa shape index (κ3) is 4.74. The average molecular weight is 253 g/mol. The highest BCUT2D eigenvalue weighted by atomic mass is 16.7. The normalized spacial score (nSPS) is 14.7. The van der Waals surface area contributed by atoms with Gasteiger partial charge >= 0.3 is 0 Å². The van der Waals surface area contributed by atoms with Gasteiger partial charge in [0.25, 0.3) is 0 Å². The number of rotatable bonds is 8. The van der Waals surface area contributed by atoms with E-state index in [0.29, 0.717) is 0 Å². The van der Waals surface area contributed by atoms with Crippen molar-refractivity contribution in [1.82, 2.24) is 5.32 Å². The smallest absolute Gasteiger partial charge is 0.171 e. The molecule has 0 aliphatic heterocycles. The molecular weight excluding hydrogens is 230 g/mol. The Kier molecular flexibility index (Phi) is 6.90. The molecule has 2 unspecified atom stereocenters. The molecule has 102 valence electrons. The molecular formula is C14H23NO3. The molecule has 0 spiro atoms. The van der Waals surface area contributed by atoms with Crippen LogP contribution in [0.25, 0.3) is 0 Å². The van der Waals surface area contributed by atoms with Gasteiger partial charge in [0.2, 0.25) is 0 Å². The summed E-state index contributed by atoms with van der Waals surface area (Å²) in [4.78, 5) is 0. The Hall–Kier alpha value is -0.940. The van der Waals surface area contributed by atoms with Crippen LogP contribution in [-0.4, -0.2) is 44.3 Å². The van der Waals surface area contributed by atoms with E-state index < -0.39 is 0 Å². The van der Waals surface area contributed by atoms with Gasteiger partial charge in [-0.25, -0.2) is 0 Å². The van der Waals surface area contributed by atoms with E-state index in [1.165, 1.54) is 5.56 Å². The minimum absolute atomic E-state index is 0.00444.